The lowest BCUT2D eigenvalue weighted by Gasteiger charge is -2.39. The third kappa shape index (κ3) is 3.12. The Labute approximate surface area is 112 Å². The normalized spacial score (nSPS) is 27.0. The Morgan fingerprint density at radius 1 is 1.32 bits per heavy atom. The Balaban J connectivity index is 2.25. The van der Waals surface area contributed by atoms with Crippen LogP contribution in [-0.2, 0) is 5.60 Å². The molecule has 2 rings (SSSR count). The molecule has 1 saturated heterocycles. The summed E-state index contributed by atoms with van der Waals surface area (Å²) in [5.74, 6) is -0.757. The maximum absolute atomic E-state index is 13.3. The van der Waals surface area contributed by atoms with E-state index in [0.717, 1.165) is 31.9 Å². The summed E-state index contributed by atoms with van der Waals surface area (Å²) in [6.45, 7) is 4.58. The van der Waals surface area contributed by atoms with Gasteiger partial charge in [-0.3, -0.25) is 0 Å². The van der Waals surface area contributed by atoms with E-state index in [1.807, 2.05) is 0 Å². The molecule has 0 bridgehead atoms. The molecule has 1 aliphatic rings. The molecule has 19 heavy (non-hydrogen) atoms. The van der Waals surface area contributed by atoms with Gasteiger partial charge in [0, 0.05) is 12.1 Å². The van der Waals surface area contributed by atoms with Crippen molar-refractivity contribution < 1.29 is 13.9 Å². The van der Waals surface area contributed by atoms with E-state index in [2.05, 4.69) is 12.2 Å². The molecular weight excluding hydrogens is 248 g/mol. The van der Waals surface area contributed by atoms with Gasteiger partial charge in [-0.25, -0.2) is 8.78 Å². The highest BCUT2D eigenvalue weighted by molar-refractivity contribution is 5.25. The lowest BCUT2D eigenvalue weighted by Crippen LogP contribution is -2.51. The van der Waals surface area contributed by atoms with E-state index in [0.29, 0.717) is 11.5 Å². The van der Waals surface area contributed by atoms with Gasteiger partial charge in [-0.15, -0.1) is 0 Å². The first-order valence-electron chi connectivity index (χ1n) is 6.85. The fraction of sp³-hybridized carbons (Fsp3) is 0.600. The summed E-state index contributed by atoms with van der Waals surface area (Å²) in [6.07, 6.45) is 2.97. The minimum absolute atomic E-state index is 0.174. The van der Waals surface area contributed by atoms with Gasteiger partial charge < -0.3 is 10.4 Å². The van der Waals surface area contributed by atoms with Gasteiger partial charge in [0.15, 0.2) is 0 Å². The maximum atomic E-state index is 13.3. The number of hydrogen-bond acceptors (Lipinski definition) is 2. The van der Waals surface area contributed by atoms with Gasteiger partial charge in [-0.1, -0.05) is 13.3 Å². The molecular formula is C15H21F2NO. The second kappa shape index (κ2) is 5.55. The maximum Gasteiger partial charge on any atom is 0.126 e. The zero-order chi connectivity index (χ0) is 14.0. The first-order chi connectivity index (χ1) is 8.93. The van der Waals surface area contributed by atoms with Crippen molar-refractivity contribution in [2.75, 3.05) is 6.54 Å². The summed E-state index contributed by atoms with van der Waals surface area (Å²) in [7, 11) is 0. The largest absolute Gasteiger partial charge is 0.384 e. The molecule has 0 radical (unpaired) electrons. The molecule has 0 aromatic heterocycles. The Kier molecular flexibility index (Phi) is 4.21. The summed E-state index contributed by atoms with van der Waals surface area (Å²) in [5, 5.41) is 13.9. The van der Waals surface area contributed by atoms with Crippen molar-refractivity contribution in [2.45, 2.75) is 44.8 Å². The Hall–Kier alpha value is -1.00. The molecule has 4 heteroatoms. The van der Waals surface area contributed by atoms with Crippen molar-refractivity contribution in [3.05, 3.63) is 35.4 Å². The highest BCUT2D eigenvalue weighted by atomic mass is 19.1. The number of benzene rings is 1. The second-order valence-electron chi connectivity index (χ2n) is 5.61. The van der Waals surface area contributed by atoms with E-state index in [-0.39, 0.29) is 6.04 Å². The summed E-state index contributed by atoms with van der Waals surface area (Å²) in [4.78, 5) is 0. The van der Waals surface area contributed by atoms with Crippen LogP contribution in [0.5, 0.6) is 0 Å². The number of halogens is 2. The van der Waals surface area contributed by atoms with Gasteiger partial charge in [0.05, 0.1) is 0 Å². The van der Waals surface area contributed by atoms with Crippen LogP contribution in [0.15, 0.2) is 18.2 Å². The van der Waals surface area contributed by atoms with Gasteiger partial charge >= 0.3 is 0 Å². The molecule has 0 saturated carbocycles. The fourth-order valence-electron chi connectivity index (χ4n) is 2.84. The van der Waals surface area contributed by atoms with E-state index in [1.165, 1.54) is 12.1 Å². The van der Waals surface area contributed by atoms with E-state index in [1.54, 1.807) is 6.92 Å². The van der Waals surface area contributed by atoms with E-state index in [9.17, 15) is 13.9 Å². The average Bonchev–Trinajstić information content (AvgIpc) is 2.37. The first-order valence-corrected chi connectivity index (χ1v) is 6.85. The smallest absolute Gasteiger partial charge is 0.126 e. The fourth-order valence-corrected chi connectivity index (χ4v) is 2.84. The lowest BCUT2D eigenvalue weighted by molar-refractivity contribution is -0.00357. The standard InChI is InChI=1S/C15H21F2NO/c1-3-10-4-5-18-14(6-10)15(2,19)11-7-12(16)9-13(17)8-11/h7-10,14,18-19H,3-6H2,1-2H3. The number of rotatable bonds is 3. The number of hydrogen-bond donors (Lipinski definition) is 2. The SMILES string of the molecule is CCC1CCNC(C(C)(O)c2cc(F)cc(F)c2)C1. The van der Waals surface area contributed by atoms with Crippen molar-refractivity contribution in [1.29, 1.82) is 0 Å². The van der Waals surface area contributed by atoms with Crippen LogP contribution in [-0.4, -0.2) is 17.7 Å². The van der Waals surface area contributed by atoms with Crippen LogP contribution in [0.1, 0.15) is 38.7 Å². The molecule has 1 aliphatic heterocycles. The average molecular weight is 269 g/mol. The van der Waals surface area contributed by atoms with Crippen LogP contribution in [0.3, 0.4) is 0 Å². The highest BCUT2D eigenvalue weighted by Crippen LogP contribution is 2.33. The van der Waals surface area contributed by atoms with Gasteiger partial charge in [0.1, 0.15) is 17.2 Å². The van der Waals surface area contributed by atoms with Crippen LogP contribution in [0, 0.1) is 17.6 Å². The Morgan fingerprint density at radius 2 is 1.95 bits per heavy atom. The van der Waals surface area contributed by atoms with Gasteiger partial charge in [0.25, 0.3) is 0 Å². The molecule has 1 aromatic rings. The summed E-state index contributed by atoms with van der Waals surface area (Å²) >= 11 is 0. The molecule has 2 N–H and O–H groups in total. The van der Waals surface area contributed by atoms with Gasteiger partial charge in [0.2, 0.25) is 0 Å². The minimum Gasteiger partial charge on any atom is -0.384 e. The topological polar surface area (TPSA) is 32.3 Å². The van der Waals surface area contributed by atoms with Crippen molar-refractivity contribution >= 4 is 0 Å². The van der Waals surface area contributed by atoms with Crippen LogP contribution >= 0.6 is 0 Å². The van der Waals surface area contributed by atoms with Crippen LogP contribution in [0.25, 0.3) is 0 Å². The molecule has 0 aliphatic carbocycles. The van der Waals surface area contributed by atoms with E-state index >= 15 is 0 Å². The molecule has 3 unspecified atom stereocenters. The third-order valence-corrected chi connectivity index (χ3v) is 4.22. The van der Waals surface area contributed by atoms with Crippen molar-refractivity contribution in [3.8, 4) is 0 Å². The summed E-state index contributed by atoms with van der Waals surface area (Å²) in [5.41, 5.74) is -0.976. The number of piperidine rings is 1. The lowest BCUT2D eigenvalue weighted by atomic mass is 9.79. The zero-order valence-electron chi connectivity index (χ0n) is 11.4. The third-order valence-electron chi connectivity index (χ3n) is 4.22. The number of aliphatic hydroxyl groups is 1. The Bertz CT molecular complexity index is 428. The molecule has 1 fully saturated rings. The van der Waals surface area contributed by atoms with Gasteiger partial charge in [-0.2, -0.15) is 0 Å². The summed E-state index contributed by atoms with van der Waals surface area (Å²) in [6, 6.07) is 3.07. The van der Waals surface area contributed by atoms with E-state index < -0.39 is 17.2 Å². The predicted molar refractivity (Wildman–Crippen MR) is 70.7 cm³/mol. The molecule has 106 valence electrons. The van der Waals surface area contributed by atoms with Crippen LogP contribution < -0.4 is 5.32 Å². The minimum atomic E-state index is -1.27. The van der Waals surface area contributed by atoms with Crippen molar-refractivity contribution in [2.24, 2.45) is 5.92 Å². The zero-order valence-corrected chi connectivity index (χ0v) is 11.4. The van der Waals surface area contributed by atoms with E-state index in [4.69, 9.17) is 0 Å². The molecule has 3 atom stereocenters. The van der Waals surface area contributed by atoms with Crippen molar-refractivity contribution in [3.63, 3.8) is 0 Å². The predicted octanol–water partition coefficient (Wildman–Crippen LogP) is 2.95. The molecule has 0 amide bonds. The van der Waals surface area contributed by atoms with Gasteiger partial charge in [-0.05, 0) is 49.9 Å². The number of nitrogens with one attached hydrogen (secondary N) is 1. The van der Waals surface area contributed by atoms with Crippen LogP contribution in [0.2, 0.25) is 0 Å². The highest BCUT2D eigenvalue weighted by Gasteiger charge is 2.37. The molecule has 1 aromatic carbocycles. The molecule has 0 spiro atoms. The van der Waals surface area contributed by atoms with Crippen LogP contribution in [0.4, 0.5) is 8.78 Å². The monoisotopic (exact) mass is 269 g/mol. The molecule has 2 nitrogen and oxygen atoms in total. The van der Waals surface area contributed by atoms with Crippen molar-refractivity contribution in [1.82, 2.24) is 5.32 Å². The first kappa shape index (κ1) is 14.4. The summed E-state index contributed by atoms with van der Waals surface area (Å²) < 4.78 is 26.6. The molecule has 1 heterocycles. The quantitative estimate of drug-likeness (QED) is 0.884. The second-order valence-corrected chi connectivity index (χ2v) is 5.61. The Morgan fingerprint density at radius 3 is 2.53 bits per heavy atom.